The van der Waals surface area contributed by atoms with Crippen molar-refractivity contribution in [1.82, 2.24) is 10.5 Å². The van der Waals surface area contributed by atoms with Crippen molar-refractivity contribution in [2.24, 2.45) is 0 Å². The van der Waals surface area contributed by atoms with Gasteiger partial charge in [-0.05, 0) is 88.3 Å². The second kappa shape index (κ2) is 10.9. The molecule has 1 heterocycles. The van der Waals surface area contributed by atoms with Crippen LogP contribution < -0.4 is 20.1 Å². The summed E-state index contributed by atoms with van der Waals surface area (Å²) < 4.78 is 39.5. The number of amides is 1. The Labute approximate surface area is 228 Å². The number of anilines is 2. The molecule has 3 aromatic carbocycles. The molecular weight excluding hydrogens is 636 g/mol. The molecule has 0 aliphatic heterocycles. The van der Waals surface area contributed by atoms with Gasteiger partial charge in [0.2, 0.25) is 0 Å². The van der Waals surface area contributed by atoms with Crippen LogP contribution in [0.5, 0.6) is 5.75 Å². The topological polar surface area (TPSA) is 123 Å². The van der Waals surface area contributed by atoms with Crippen molar-refractivity contribution in [2.45, 2.75) is 11.8 Å². The number of aryl methyl sites for hydroxylation is 1. The molecule has 186 valence electrons. The summed E-state index contributed by atoms with van der Waals surface area (Å²) in [5, 5.41) is 11.0. The summed E-state index contributed by atoms with van der Waals surface area (Å²) in [5.74, 6) is 0.628. The van der Waals surface area contributed by atoms with Gasteiger partial charge in [-0.15, -0.1) is 0 Å². The lowest BCUT2D eigenvalue weighted by molar-refractivity contribution is -0.121. The van der Waals surface area contributed by atoms with Crippen molar-refractivity contribution in [1.29, 1.82) is 0 Å². The van der Waals surface area contributed by atoms with E-state index in [1.54, 1.807) is 13.0 Å². The molecular formula is C23H18Br2N4O5S2. The van der Waals surface area contributed by atoms with E-state index in [0.29, 0.717) is 17.2 Å². The summed E-state index contributed by atoms with van der Waals surface area (Å²) in [6.45, 7) is 1.40. The first-order valence-electron chi connectivity index (χ1n) is 10.3. The normalized spacial score (nSPS) is 11.2. The van der Waals surface area contributed by atoms with Crippen molar-refractivity contribution >= 4 is 87.4 Å². The van der Waals surface area contributed by atoms with Gasteiger partial charge in [0.1, 0.15) is 11.5 Å². The second-order valence-electron chi connectivity index (χ2n) is 7.49. The molecule has 1 aromatic heterocycles. The number of halogens is 2. The number of hydrogen-bond donors (Lipinski definition) is 3. The fourth-order valence-corrected chi connectivity index (χ4v) is 5.35. The molecule has 0 atom stereocenters. The fourth-order valence-electron chi connectivity index (χ4n) is 3.15. The van der Waals surface area contributed by atoms with Gasteiger partial charge in [0, 0.05) is 16.2 Å². The van der Waals surface area contributed by atoms with Crippen LogP contribution in [-0.4, -0.2) is 31.2 Å². The molecule has 0 unspecified atom stereocenters. The zero-order valence-corrected chi connectivity index (χ0v) is 23.3. The summed E-state index contributed by atoms with van der Waals surface area (Å²) in [6.07, 6.45) is 0. The van der Waals surface area contributed by atoms with Crippen molar-refractivity contribution < 1.29 is 22.5 Å². The molecule has 3 N–H and O–H groups in total. The molecule has 0 spiro atoms. The Morgan fingerprint density at radius 3 is 2.53 bits per heavy atom. The Morgan fingerprint density at radius 1 is 1.08 bits per heavy atom. The largest absolute Gasteiger partial charge is 0.483 e. The van der Waals surface area contributed by atoms with E-state index in [4.69, 9.17) is 21.5 Å². The van der Waals surface area contributed by atoms with E-state index in [2.05, 4.69) is 52.4 Å². The maximum atomic E-state index is 12.5. The van der Waals surface area contributed by atoms with Gasteiger partial charge in [-0.3, -0.25) is 14.8 Å². The number of rotatable bonds is 7. The predicted molar refractivity (Wildman–Crippen MR) is 148 cm³/mol. The number of sulfonamides is 1. The summed E-state index contributed by atoms with van der Waals surface area (Å²) in [6, 6.07) is 16.8. The minimum absolute atomic E-state index is 0.0189. The van der Waals surface area contributed by atoms with E-state index in [9.17, 15) is 13.2 Å². The van der Waals surface area contributed by atoms with Crippen LogP contribution in [0.25, 0.3) is 10.8 Å². The van der Waals surface area contributed by atoms with Gasteiger partial charge in [0.25, 0.3) is 15.9 Å². The highest BCUT2D eigenvalue weighted by Crippen LogP contribution is 2.34. The molecule has 0 fully saturated rings. The second-order valence-corrected chi connectivity index (χ2v) is 11.3. The molecule has 4 rings (SSSR count). The molecule has 0 saturated heterocycles. The molecule has 0 saturated carbocycles. The maximum Gasteiger partial charge on any atom is 0.264 e. The van der Waals surface area contributed by atoms with Crippen LogP contribution in [0.15, 0.2) is 79.0 Å². The SMILES string of the molecule is Cc1cc(NS(=O)(=O)c2ccc(NC(=S)NC(=O)COc3ccc4cc(Br)ccc4c3Br)cc2)no1. The average molecular weight is 654 g/mol. The Bertz CT molecular complexity index is 1560. The van der Waals surface area contributed by atoms with E-state index < -0.39 is 15.9 Å². The third-order valence-electron chi connectivity index (χ3n) is 4.78. The average Bonchev–Trinajstić information content (AvgIpc) is 3.22. The van der Waals surface area contributed by atoms with Gasteiger partial charge in [0.05, 0.1) is 9.37 Å². The Balaban J connectivity index is 1.31. The Morgan fingerprint density at radius 2 is 1.83 bits per heavy atom. The lowest BCUT2D eigenvalue weighted by Crippen LogP contribution is -2.37. The standard InChI is InChI=1S/C23H18Br2N4O5S2/c1-13-10-20(28-34-13)29-36(31,32)17-6-4-16(5-7-17)26-23(35)27-21(30)12-33-19-9-2-14-11-15(24)3-8-18(14)22(19)25/h2-11H,12H2,1H3,(H,28,29)(H2,26,27,30,35). The molecule has 0 bridgehead atoms. The smallest absolute Gasteiger partial charge is 0.264 e. The lowest BCUT2D eigenvalue weighted by atomic mass is 10.1. The van der Waals surface area contributed by atoms with Gasteiger partial charge < -0.3 is 14.6 Å². The van der Waals surface area contributed by atoms with Crippen LogP contribution in [-0.2, 0) is 14.8 Å². The summed E-state index contributed by atoms with van der Waals surface area (Å²) in [7, 11) is -3.84. The van der Waals surface area contributed by atoms with E-state index in [1.165, 1.54) is 30.3 Å². The number of fused-ring (bicyclic) bond motifs is 1. The quantitative estimate of drug-likeness (QED) is 0.228. The number of ether oxygens (including phenoxy) is 1. The van der Waals surface area contributed by atoms with Gasteiger partial charge in [-0.2, -0.15) is 0 Å². The van der Waals surface area contributed by atoms with Crippen molar-refractivity contribution in [3.63, 3.8) is 0 Å². The van der Waals surface area contributed by atoms with Gasteiger partial charge in [-0.25, -0.2) is 8.42 Å². The number of thiocarbonyl (C=S) groups is 1. The predicted octanol–water partition coefficient (Wildman–Crippen LogP) is 5.35. The first-order chi connectivity index (χ1) is 17.1. The number of carbonyl (C=O) groups is 1. The van der Waals surface area contributed by atoms with Gasteiger partial charge >= 0.3 is 0 Å². The molecule has 13 heteroatoms. The molecule has 36 heavy (non-hydrogen) atoms. The molecule has 9 nitrogen and oxygen atoms in total. The van der Waals surface area contributed by atoms with Gasteiger partial charge in [0.15, 0.2) is 17.5 Å². The first kappa shape index (κ1) is 26.1. The zero-order valence-electron chi connectivity index (χ0n) is 18.5. The Kier molecular flexibility index (Phi) is 7.93. The Hall–Kier alpha value is -3.00. The zero-order chi connectivity index (χ0) is 25.9. The van der Waals surface area contributed by atoms with Crippen molar-refractivity contribution in [2.75, 3.05) is 16.6 Å². The van der Waals surface area contributed by atoms with Crippen molar-refractivity contribution in [3.8, 4) is 5.75 Å². The van der Waals surface area contributed by atoms with Crippen LogP contribution in [0, 0.1) is 6.92 Å². The minimum Gasteiger partial charge on any atom is -0.483 e. The summed E-state index contributed by atoms with van der Waals surface area (Å²) >= 11 is 12.1. The summed E-state index contributed by atoms with van der Waals surface area (Å²) in [4.78, 5) is 12.3. The van der Waals surface area contributed by atoms with Crippen LogP contribution >= 0.6 is 44.1 Å². The number of hydrogen-bond acceptors (Lipinski definition) is 7. The number of benzene rings is 3. The van der Waals surface area contributed by atoms with Crippen LogP contribution in [0.4, 0.5) is 11.5 Å². The highest BCUT2D eigenvalue weighted by atomic mass is 79.9. The molecule has 4 aromatic rings. The maximum absolute atomic E-state index is 12.5. The fraction of sp³-hybridized carbons (Fsp3) is 0.0870. The van der Waals surface area contributed by atoms with E-state index in [0.717, 1.165) is 19.7 Å². The molecule has 0 aliphatic carbocycles. The monoisotopic (exact) mass is 652 g/mol. The van der Waals surface area contributed by atoms with Crippen molar-refractivity contribution in [3.05, 3.63) is 75.4 Å². The third-order valence-corrected chi connectivity index (χ3v) is 7.67. The number of nitrogens with zero attached hydrogens (tertiary/aromatic N) is 1. The number of carbonyl (C=O) groups excluding carboxylic acids is 1. The first-order valence-corrected chi connectivity index (χ1v) is 13.8. The van der Waals surface area contributed by atoms with E-state index >= 15 is 0 Å². The minimum atomic E-state index is -3.84. The molecule has 0 aliphatic rings. The highest BCUT2D eigenvalue weighted by molar-refractivity contribution is 9.11. The number of nitrogens with one attached hydrogen (secondary N) is 3. The summed E-state index contributed by atoms with van der Waals surface area (Å²) in [5.41, 5.74) is 0.487. The van der Waals surface area contributed by atoms with Crippen LogP contribution in [0.2, 0.25) is 0 Å². The highest BCUT2D eigenvalue weighted by Gasteiger charge is 2.16. The molecule has 0 radical (unpaired) electrons. The van der Waals surface area contributed by atoms with Crippen LogP contribution in [0.3, 0.4) is 0 Å². The van der Waals surface area contributed by atoms with E-state index in [1.807, 2.05) is 24.3 Å². The lowest BCUT2D eigenvalue weighted by Gasteiger charge is -2.12. The number of aromatic nitrogens is 1. The molecule has 1 amide bonds. The third kappa shape index (κ3) is 6.40. The van der Waals surface area contributed by atoms with Gasteiger partial charge in [-0.1, -0.05) is 33.2 Å². The van der Waals surface area contributed by atoms with E-state index in [-0.39, 0.29) is 22.4 Å². The van der Waals surface area contributed by atoms with Crippen LogP contribution in [0.1, 0.15) is 5.76 Å².